The first-order chi connectivity index (χ1) is 7.40. The summed E-state index contributed by atoms with van der Waals surface area (Å²) in [6.07, 6.45) is -0.165. The van der Waals surface area contributed by atoms with Gasteiger partial charge in [0.2, 0.25) is 5.91 Å². The smallest absolute Gasteiger partial charge is 0.231 e. The molecular formula is C11H11Cl2NO2. The summed E-state index contributed by atoms with van der Waals surface area (Å²) in [5.74, 6) is -0.596. The summed E-state index contributed by atoms with van der Waals surface area (Å²) in [6, 6.07) is 3.23. The van der Waals surface area contributed by atoms with E-state index < -0.39 is 5.91 Å². The molecular weight excluding hydrogens is 249 g/mol. The molecule has 1 N–H and O–H groups in total. The molecule has 86 valence electrons. The molecule has 1 rings (SSSR count). The number of carbonyl (C=O) groups is 2. The van der Waals surface area contributed by atoms with E-state index in [2.05, 4.69) is 5.32 Å². The van der Waals surface area contributed by atoms with Crippen LogP contribution in [0.5, 0.6) is 0 Å². The molecule has 0 aliphatic rings. The van der Waals surface area contributed by atoms with Gasteiger partial charge in [0.15, 0.2) is 0 Å². The zero-order valence-corrected chi connectivity index (χ0v) is 10.4. The molecule has 0 atom stereocenters. The zero-order valence-electron chi connectivity index (χ0n) is 8.93. The maximum absolute atomic E-state index is 11.3. The largest absolute Gasteiger partial charge is 0.324 e. The van der Waals surface area contributed by atoms with Gasteiger partial charge in [0, 0.05) is 5.02 Å². The fourth-order valence-electron chi connectivity index (χ4n) is 1.16. The summed E-state index contributed by atoms with van der Waals surface area (Å²) < 4.78 is 0. The minimum Gasteiger partial charge on any atom is -0.324 e. The highest BCUT2D eigenvalue weighted by atomic mass is 35.5. The number of nitrogens with one attached hydrogen (secondary N) is 1. The van der Waals surface area contributed by atoms with Crippen LogP contribution in [0.25, 0.3) is 0 Å². The second kappa shape index (κ2) is 5.32. The normalized spacial score (nSPS) is 10.0. The van der Waals surface area contributed by atoms with Gasteiger partial charge < -0.3 is 5.32 Å². The van der Waals surface area contributed by atoms with Crippen LogP contribution in [0.2, 0.25) is 10.0 Å². The van der Waals surface area contributed by atoms with Gasteiger partial charge in [-0.05, 0) is 31.5 Å². The predicted molar refractivity (Wildman–Crippen MR) is 65.1 cm³/mol. The number of amides is 1. The summed E-state index contributed by atoms with van der Waals surface area (Å²) in [7, 11) is 0. The van der Waals surface area contributed by atoms with Crippen LogP contribution in [0, 0.1) is 6.92 Å². The molecule has 1 aromatic carbocycles. The summed E-state index contributed by atoms with van der Waals surface area (Å²) >= 11 is 11.8. The van der Waals surface area contributed by atoms with Gasteiger partial charge in [-0.3, -0.25) is 9.59 Å². The molecule has 0 aromatic heterocycles. The quantitative estimate of drug-likeness (QED) is 0.848. The van der Waals surface area contributed by atoms with Crippen molar-refractivity contribution in [3.8, 4) is 0 Å². The monoisotopic (exact) mass is 259 g/mol. The summed E-state index contributed by atoms with van der Waals surface area (Å²) in [6.45, 7) is 3.17. The van der Waals surface area contributed by atoms with Crippen LogP contribution in [0.4, 0.5) is 5.69 Å². The van der Waals surface area contributed by atoms with E-state index in [9.17, 15) is 9.59 Å². The topological polar surface area (TPSA) is 46.2 Å². The number of halogens is 2. The highest BCUT2D eigenvalue weighted by Gasteiger charge is 2.09. The maximum Gasteiger partial charge on any atom is 0.231 e. The first-order valence-corrected chi connectivity index (χ1v) is 5.40. The van der Waals surface area contributed by atoms with Crippen molar-refractivity contribution in [2.24, 2.45) is 0 Å². The fourth-order valence-corrected chi connectivity index (χ4v) is 1.59. The minimum absolute atomic E-state index is 0.165. The highest BCUT2D eigenvalue weighted by molar-refractivity contribution is 6.36. The Morgan fingerprint density at radius 3 is 2.44 bits per heavy atom. The van der Waals surface area contributed by atoms with Gasteiger partial charge in [0.1, 0.15) is 5.78 Å². The van der Waals surface area contributed by atoms with Gasteiger partial charge in [0.05, 0.1) is 17.1 Å². The lowest BCUT2D eigenvalue weighted by atomic mass is 10.2. The molecule has 0 radical (unpaired) electrons. The summed E-state index contributed by atoms with van der Waals surface area (Å²) in [4.78, 5) is 22.1. The fraction of sp³-hybridized carbons (Fsp3) is 0.273. The SMILES string of the molecule is CC(=O)CC(=O)Nc1cc(Cl)c(C)cc1Cl. The average Bonchev–Trinajstić information content (AvgIpc) is 2.12. The van der Waals surface area contributed by atoms with Gasteiger partial charge in [-0.25, -0.2) is 0 Å². The van der Waals surface area contributed by atoms with E-state index in [1.165, 1.54) is 6.92 Å². The molecule has 0 saturated carbocycles. The number of anilines is 1. The van der Waals surface area contributed by atoms with Gasteiger partial charge in [-0.2, -0.15) is 0 Å². The van der Waals surface area contributed by atoms with Gasteiger partial charge in [0.25, 0.3) is 0 Å². The Kier molecular flexibility index (Phi) is 4.33. The van der Waals surface area contributed by atoms with Crippen LogP contribution < -0.4 is 5.32 Å². The Balaban J connectivity index is 2.85. The molecule has 1 aromatic rings. The van der Waals surface area contributed by atoms with Gasteiger partial charge in [-0.1, -0.05) is 23.2 Å². The molecule has 3 nitrogen and oxygen atoms in total. The molecule has 0 unspecified atom stereocenters. The lowest BCUT2D eigenvalue weighted by Gasteiger charge is -2.08. The zero-order chi connectivity index (χ0) is 12.3. The number of Topliss-reactive ketones (excluding diaryl/α,β-unsaturated/α-hetero) is 1. The van der Waals surface area contributed by atoms with E-state index in [1.54, 1.807) is 12.1 Å². The lowest BCUT2D eigenvalue weighted by Crippen LogP contribution is -2.15. The molecule has 0 aliphatic carbocycles. The standard InChI is InChI=1S/C11H11Cl2NO2/c1-6-3-9(13)10(5-8(6)12)14-11(16)4-7(2)15/h3,5H,4H2,1-2H3,(H,14,16). The van der Waals surface area contributed by atoms with Crippen molar-refractivity contribution in [2.75, 3.05) is 5.32 Å². The van der Waals surface area contributed by atoms with E-state index in [1.807, 2.05) is 6.92 Å². The average molecular weight is 260 g/mol. The summed E-state index contributed by atoms with van der Waals surface area (Å²) in [5.41, 5.74) is 1.25. The van der Waals surface area contributed by atoms with Crippen molar-refractivity contribution in [3.05, 3.63) is 27.7 Å². The van der Waals surface area contributed by atoms with Crippen molar-refractivity contribution in [1.29, 1.82) is 0 Å². The van der Waals surface area contributed by atoms with Crippen molar-refractivity contribution in [2.45, 2.75) is 20.3 Å². The van der Waals surface area contributed by atoms with E-state index in [0.29, 0.717) is 15.7 Å². The molecule has 0 fully saturated rings. The third-order valence-corrected chi connectivity index (χ3v) is 2.65. The van der Waals surface area contributed by atoms with Crippen molar-refractivity contribution >= 4 is 40.6 Å². The molecule has 0 spiro atoms. The van der Waals surface area contributed by atoms with Crippen molar-refractivity contribution in [1.82, 2.24) is 0 Å². The Morgan fingerprint density at radius 2 is 1.88 bits per heavy atom. The van der Waals surface area contributed by atoms with Crippen LogP contribution in [-0.4, -0.2) is 11.7 Å². The van der Waals surface area contributed by atoms with Crippen LogP contribution in [0.1, 0.15) is 18.9 Å². The molecule has 0 heterocycles. The molecule has 0 saturated heterocycles. The second-order valence-corrected chi connectivity index (χ2v) is 4.32. The molecule has 0 aliphatic heterocycles. The number of hydrogen-bond acceptors (Lipinski definition) is 2. The highest BCUT2D eigenvalue weighted by Crippen LogP contribution is 2.28. The van der Waals surface area contributed by atoms with Gasteiger partial charge >= 0.3 is 0 Å². The van der Waals surface area contributed by atoms with Gasteiger partial charge in [-0.15, -0.1) is 0 Å². The first kappa shape index (κ1) is 13.0. The second-order valence-electron chi connectivity index (χ2n) is 3.51. The molecule has 0 bridgehead atoms. The lowest BCUT2D eigenvalue weighted by molar-refractivity contribution is -0.124. The van der Waals surface area contributed by atoms with Crippen LogP contribution in [0.15, 0.2) is 12.1 Å². The van der Waals surface area contributed by atoms with Crippen LogP contribution in [0.3, 0.4) is 0 Å². The van der Waals surface area contributed by atoms with E-state index >= 15 is 0 Å². The minimum atomic E-state index is -0.394. The van der Waals surface area contributed by atoms with E-state index in [4.69, 9.17) is 23.2 Å². The predicted octanol–water partition coefficient (Wildman–Crippen LogP) is 3.22. The third-order valence-electron chi connectivity index (χ3n) is 1.93. The first-order valence-electron chi connectivity index (χ1n) is 4.65. The third kappa shape index (κ3) is 3.51. The maximum atomic E-state index is 11.3. The molecule has 16 heavy (non-hydrogen) atoms. The number of carbonyl (C=O) groups excluding carboxylic acids is 2. The van der Waals surface area contributed by atoms with E-state index in [0.717, 1.165) is 5.56 Å². The number of aryl methyl sites for hydroxylation is 1. The number of ketones is 1. The Labute approximate surface area is 104 Å². The number of benzene rings is 1. The van der Waals surface area contributed by atoms with Crippen LogP contribution in [-0.2, 0) is 9.59 Å². The molecule has 1 amide bonds. The van der Waals surface area contributed by atoms with Crippen molar-refractivity contribution in [3.63, 3.8) is 0 Å². The Hall–Kier alpha value is -1.06. The van der Waals surface area contributed by atoms with Crippen LogP contribution >= 0.6 is 23.2 Å². The van der Waals surface area contributed by atoms with Crippen molar-refractivity contribution < 1.29 is 9.59 Å². The molecule has 5 heteroatoms. The Morgan fingerprint density at radius 1 is 1.25 bits per heavy atom. The summed E-state index contributed by atoms with van der Waals surface area (Å²) in [5, 5.41) is 3.45. The Bertz CT molecular complexity index is 444. The van der Waals surface area contributed by atoms with E-state index in [-0.39, 0.29) is 12.2 Å². The number of hydrogen-bond donors (Lipinski definition) is 1. The number of rotatable bonds is 3.